The van der Waals surface area contributed by atoms with Crippen LogP contribution in [0.25, 0.3) is 5.52 Å². The van der Waals surface area contributed by atoms with E-state index in [1.165, 1.54) is 0 Å². The average Bonchev–Trinajstić information content (AvgIpc) is 3.14. The van der Waals surface area contributed by atoms with Crippen molar-refractivity contribution in [3.8, 4) is 6.07 Å². The highest BCUT2D eigenvalue weighted by molar-refractivity contribution is 6.09. The van der Waals surface area contributed by atoms with E-state index in [0.29, 0.717) is 43.1 Å². The molecule has 2 aromatic heterocycles. The van der Waals surface area contributed by atoms with Crippen LogP contribution in [-0.2, 0) is 4.74 Å². The first kappa shape index (κ1) is 17.7. The van der Waals surface area contributed by atoms with Crippen LogP contribution in [0.2, 0.25) is 0 Å². The van der Waals surface area contributed by atoms with Crippen LogP contribution in [0.1, 0.15) is 26.7 Å². The van der Waals surface area contributed by atoms with Crippen molar-refractivity contribution in [1.82, 2.24) is 14.3 Å². The van der Waals surface area contributed by atoms with Gasteiger partial charge in [-0.25, -0.2) is 4.98 Å². The Balaban J connectivity index is 1.68. The minimum atomic E-state index is -0.445. The third-order valence-corrected chi connectivity index (χ3v) is 4.50. The summed E-state index contributed by atoms with van der Waals surface area (Å²) in [5.41, 5.74) is 1.62. The molecule has 1 aliphatic heterocycles. The van der Waals surface area contributed by atoms with Gasteiger partial charge in [0.1, 0.15) is 0 Å². The predicted molar refractivity (Wildman–Crippen MR) is 101 cm³/mol. The first-order chi connectivity index (χ1) is 13.7. The van der Waals surface area contributed by atoms with Crippen molar-refractivity contribution in [3.63, 3.8) is 0 Å². The standard InChI is InChI=1S/C20H17N5O3/c21-13-14-4-3-5-15(12-14)22-19(26)17-16-6-1-2-7-25(16)18(23-17)20(27)24-8-10-28-11-9-24/h1-7,12H,8-11H2,(H,22,26). The van der Waals surface area contributed by atoms with E-state index < -0.39 is 5.91 Å². The van der Waals surface area contributed by atoms with Gasteiger partial charge in [0.25, 0.3) is 11.8 Å². The molecule has 0 atom stereocenters. The summed E-state index contributed by atoms with van der Waals surface area (Å²) in [5, 5.41) is 11.8. The fourth-order valence-electron chi connectivity index (χ4n) is 3.12. The minimum Gasteiger partial charge on any atom is -0.378 e. The minimum absolute atomic E-state index is 0.152. The molecule has 0 bridgehead atoms. The molecule has 0 aliphatic carbocycles. The second-order valence-electron chi connectivity index (χ2n) is 6.29. The number of rotatable bonds is 3. The van der Waals surface area contributed by atoms with Crippen molar-refractivity contribution < 1.29 is 14.3 Å². The lowest BCUT2D eigenvalue weighted by atomic mass is 10.2. The first-order valence-electron chi connectivity index (χ1n) is 8.83. The summed E-state index contributed by atoms with van der Waals surface area (Å²) in [6.45, 7) is 1.95. The molecular formula is C20H17N5O3. The number of amides is 2. The van der Waals surface area contributed by atoms with Crippen molar-refractivity contribution in [2.75, 3.05) is 31.6 Å². The number of nitrogens with zero attached hydrogens (tertiary/aromatic N) is 4. The van der Waals surface area contributed by atoms with E-state index in [1.807, 2.05) is 6.07 Å². The highest BCUT2D eigenvalue weighted by Crippen LogP contribution is 2.18. The summed E-state index contributed by atoms with van der Waals surface area (Å²) >= 11 is 0. The van der Waals surface area contributed by atoms with Gasteiger partial charge in [-0.15, -0.1) is 0 Å². The largest absolute Gasteiger partial charge is 0.378 e. The van der Waals surface area contributed by atoms with Crippen LogP contribution in [0.15, 0.2) is 48.7 Å². The van der Waals surface area contributed by atoms with Gasteiger partial charge < -0.3 is 15.0 Å². The van der Waals surface area contributed by atoms with E-state index in [2.05, 4.69) is 10.3 Å². The van der Waals surface area contributed by atoms with Crippen molar-refractivity contribution in [2.45, 2.75) is 0 Å². The lowest BCUT2D eigenvalue weighted by Gasteiger charge is -2.26. The van der Waals surface area contributed by atoms with Gasteiger partial charge in [0, 0.05) is 25.0 Å². The lowest BCUT2D eigenvalue weighted by molar-refractivity contribution is 0.0294. The zero-order chi connectivity index (χ0) is 19.5. The molecule has 140 valence electrons. The molecule has 8 nitrogen and oxygen atoms in total. The maximum absolute atomic E-state index is 12.9. The molecule has 0 spiro atoms. The van der Waals surface area contributed by atoms with Gasteiger partial charge in [-0.3, -0.25) is 14.0 Å². The van der Waals surface area contributed by atoms with E-state index in [4.69, 9.17) is 10.00 Å². The number of fused-ring (bicyclic) bond motifs is 1. The molecule has 1 aliphatic rings. The molecule has 1 N–H and O–H groups in total. The van der Waals surface area contributed by atoms with Gasteiger partial charge >= 0.3 is 0 Å². The summed E-state index contributed by atoms with van der Waals surface area (Å²) < 4.78 is 6.92. The Morgan fingerprint density at radius 3 is 2.75 bits per heavy atom. The van der Waals surface area contributed by atoms with Gasteiger partial charge in [-0.1, -0.05) is 12.1 Å². The normalized spacial score (nSPS) is 13.9. The summed E-state index contributed by atoms with van der Waals surface area (Å²) in [4.78, 5) is 31.8. The number of carbonyl (C=O) groups is 2. The summed E-state index contributed by atoms with van der Waals surface area (Å²) in [6.07, 6.45) is 1.71. The number of carbonyl (C=O) groups excluding carboxylic acids is 2. The molecule has 1 aromatic carbocycles. The van der Waals surface area contributed by atoms with Gasteiger partial charge in [0.2, 0.25) is 5.82 Å². The van der Waals surface area contributed by atoms with Crippen molar-refractivity contribution in [1.29, 1.82) is 5.26 Å². The van der Waals surface area contributed by atoms with E-state index in [-0.39, 0.29) is 17.4 Å². The highest BCUT2D eigenvalue weighted by Gasteiger charge is 2.26. The Bertz CT molecular complexity index is 1090. The SMILES string of the molecule is N#Cc1cccc(NC(=O)c2nc(C(=O)N3CCOCC3)n3ccccc23)c1. The molecule has 1 fully saturated rings. The number of nitriles is 1. The number of anilines is 1. The Labute approximate surface area is 161 Å². The maximum Gasteiger partial charge on any atom is 0.290 e. The molecule has 1 saturated heterocycles. The van der Waals surface area contributed by atoms with Gasteiger partial charge in [0.05, 0.1) is 30.4 Å². The topological polar surface area (TPSA) is 99.7 Å². The van der Waals surface area contributed by atoms with E-state index in [0.717, 1.165) is 0 Å². The zero-order valence-corrected chi connectivity index (χ0v) is 15.0. The molecular weight excluding hydrogens is 358 g/mol. The van der Waals surface area contributed by atoms with Crippen LogP contribution in [0, 0.1) is 11.3 Å². The van der Waals surface area contributed by atoms with Crippen LogP contribution in [0.5, 0.6) is 0 Å². The molecule has 3 heterocycles. The van der Waals surface area contributed by atoms with Crippen LogP contribution in [-0.4, -0.2) is 52.4 Å². The highest BCUT2D eigenvalue weighted by atomic mass is 16.5. The van der Waals surface area contributed by atoms with Crippen molar-refractivity contribution in [3.05, 3.63) is 65.7 Å². The van der Waals surface area contributed by atoms with E-state index >= 15 is 0 Å². The number of ether oxygens (including phenoxy) is 1. The molecule has 2 amide bonds. The summed E-state index contributed by atoms with van der Waals surface area (Å²) in [6, 6.07) is 14.0. The number of pyridine rings is 1. The van der Waals surface area contributed by atoms with Crippen molar-refractivity contribution >= 4 is 23.0 Å². The van der Waals surface area contributed by atoms with Crippen LogP contribution >= 0.6 is 0 Å². The second-order valence-corrected chi connectivity index (χ2v) is 6.29. The Kier molecular flexibility index (Phi) is 4.74. The van der Waals surface area contributed by atoms with Gasteiger partial charge in [-0.2, -0.15) is 5.26 Å². The van der Waals surface area contributed by atoms with Crippen molar-refractivity contribution in [2.24, 2.45) is 0 Å². The second kappa shape index (κ2) is 7.50. The monoisotopic (exact) mass is 375 g/mol. The quantitative estimate of drug-likeness (QED) is 0.754. The third-order valence-electron chi connectivity index (χ3n) is 4.50. The van der Waals surface area contributed by atoms with Crippen LogP contribution in [0.4, 0.5) is 5.69 Å². The fraction of sp³-hybridized carbons (Fsp3) is 0.200. The lowest BCUT2D eigenvalue weighted by Crippen LogP contribution is -2.41. The van der Waals surface area contributed by atoms with E-state index in [9.17, 15) is 9.59 Å². The molecule has 8 heteroatoms. The van der Waals surface area contributed by atoms with Crippen LogP contribution < -0.4 is 5.32 Å². The maximum atomic E-state index is 12.9. The molecule has 4 rings (SSSR count). The number of hydrogen-bond acceptors (Lipinski definition) is 5. The Hall–Kier alpha value is -3.70. The number of benzene rings is 1. The third kappa shape index (κ3) is 3.31. The molecule has 0 radical (unpaired) electrons. The Morgan fingerprint density at radius 1 is 1.14 bits per heavy atom. The Morgan fingerprint density at radius 2 is 1.96 bits per heavy atom. The smallest absolute Gasteiger partial charge is 0.290 e. The van der Waals surface area contributed by atoms with E-state index in [1.54, 1.807) is 58.0 Å². The molecule has 0 unspecified atom stereocenters. The number of nitrogens with one attached hydrogen (secondary N) is 1. The van der Waals surface area contributed by atoms with Gasteiger partial charge in [-0.05, 0) is 30.3 Å². The van der Waals surface area contributed by atoms with Gasteiger partial charge in [0.15, 0.2) is 5.69 Å². The average molecular weight is 375 g/mol. The number of aromatic nitrogens is 2. The number of imidazole rings is 1. The number of hydrogen-bond donors (Lipinski definition) is 1. The molecule has 28 heavy (non-hydrogen) atoms. The summed E-state index contributed by atoms with van der Waals surface area (Å²) in [7, 11) is 0. The molecule has 3 aromatic rings. The number of morpholine rings is 1. The first-order valence-corrected chi connectivity index (χ1v) is 8.83. The predicted octanol–water partition coefficient (Wildman–Crippen LogP) is 1.93. The zero-order valence-electron chi connectivity index (χ0n) is 15.0. The summed E-state index contributed by atoms with van der Waals surface area (Å²) in [5.74, 6) is -0.497. The van der Waals surface area contributed by atoms with Crippen LogP contribution in [0.3, 0.4) is 0 Å². The fourth-order valence-corrected chi connectivity index (χ4v) is 3.12. The molecule has 0 saturated carbocycles.